The number of nitrogens with zero attached hydrogens (tertiary/aromatic N) is 1. The molecular weight excluding hydrogens is 220 g/mol. The standard InChI is InChI=1S/C10H5F2NO3/c11-5-1-2-7(12)6(3-5)9-4-8(10(14)15)13-16-9/h1-4H,(H,14,15). The van der Waals surface area contributed by atoms with Gasteiger partial charge < -0.3 is 9.63 Å². The van der Waals surface area contributed by atoms with Crippen molar-refractivity contribution < 1.29 is 23.2 Å². The molecule has 0 saturated heterocycles. The number of aromatic carboxylic acids is 1. The van der Waals surface area contributed by atoms with Crippen molar-refractivity contribution in [2.45, 2.75) is 0 Å². The summed E-state index contributed by atoms with van der Waals surface area (Å²) in [5.41, 5.74) is -0.529. The van der Waals surface area contributed by atoms with Gasteiger partial charge in [-0.1, -0.05) is 5.16 Å². The number of aromatic nitrogens is 1. The number of benzene rings is 1. The van der Waals surface area contributed by atoms with E-state index in [1.54, 1.807) is 0 Å². The fraction of sp³-hybridized carbons (Fsp3) is 0. The Hall–Kier alpha value is -2.24. The van der Waals surface area contributed by atoms with E-state index in [1.807, 2.05) is 0 Å². The van der Waals surface area contributed by atoms with Crippen molar-refractivity contribution in [2.24, 2.45) is 0 Å². The van der Waals surface area contributed by atoms with Crippen molar-refractivity contribution in [3.05, 3.63) is 41.6 Å². The maximum Gasteiger partial charge on any atom is 0.358 e. The molecule has 0 bridgehead atoms. The van der Waals surface area contributed by atoms with E-state index in [4.69, 9.17) is 5.11 Å². The lowest BCUT2D eigenvalue weighted by Crippen LogP contribution is -1.94. The Labute approximate surface area is 88.1 Å². The molecule has 1 aromatic carbocycles. The van der Waals surface area contributed by atoms with Crippen LogP contribution in [0.5, 0.6) is 0 Å². The van der Waals surface area contributed by atoms with Gasteiger partial charge in [0.2, 0.25) is 0 Å². The van der Waals surface area contributed by atoms with Crippen molar-refractivity contribution in [2.75, 3.05) is 0 Å². The van der Waals surface area contributed by atoms with Crippen LogP contribution < -0.4 is 0 Å². The molecule has 6 heteroatoms. The maximum atomic E-state index is 13.3. The zero-order valence-electron chi connectivity index (χ0n) is 7.78. The summed E-state index contributed by atoms with van der Waals surface area (Å²) in [5, 5.41) is 11.8. The van der Waals surface area contributed by atoms with E-state index in [2.05, 4.69) is 9.68 Å². The predicted molar refractivity (Wildman–Crippen MR) is 48.8 cm³/mol. The predicted octanol–water partition coefficient (Wildman–Crippen LogP) is 2.32. The second-order valence-corrected chi connectivity index (χ2v) is 3.01. The normalized spacial score (nSPS) is 10.4. The lowest BCUT2D eigenvalue weighted by Gasteiger charge is -1.97. The van der Waals surface area contributed by atoms with Crippen LogP contribution in [0.1, 0.15) is 10.5 Å². The van der Waals surface area contributed by atoms with Crippen molar-refractivity contribution in [3.8, 4) is 11.3 Å². The number of carboxylic acids is 1. The third-order valence-corrected chi connectivity index (χ3v) is 1.92. The molecule has 1 aromatic heterocycles. The van der Waals surface area contributed by atoms with Crippen LogP contribution >= 0.6 is 0 Å². The molecule has 0 aliphatic carbocycles. The van der Waals surface area contributed by atoms with Gasteiger partial charge in [0.1, 0.15) is 11.6 Å². The summed E-state index contributed by atoms with van der Waals surface area (Å²) in [6, 6.07) is 3.81. The number of halogens is 2. The SMILES string of the molecule is O=C(O)c1cc(-c2cc(F)ccc2F)on1. The summed E-state index contributed by atoms with van der Waals surface area (Å²) in [5.74, 6) is -2.79. The van der Waals surface area contributed by atoms with E-state index in [1.165, 1.54) is 0 Å². The quantitative estimate of drug-likeness (QED) is 0.851. The summed E-state index contributed by atoms with van der Waals surface area (Å²) in [6.45, 7) is 0. The Morgan fingerprint density at radius 3 is 2.69 bits per heavy atom. The Morgan fingerprint density at radius 1 is 1.31 bits per heavy atom. The molecule has 16 heavy (non-hydrogen) atoms. The van der Waals surface area contributed by atoms with Gasteiger partial charge in [0.05, 0.1) is 5.56 Å². The van der Waals surface area contributed by atoms with Crippen molar-refractivity contribution >= 4 is 5.97 Å². The highest BCUT2D eigenvalue weighted by atomic mass is 19.1. The van der Waals surface area contributed by atoms with E-state index in [0.717, 1.165) is 24.3 Å². The van der Waals surface area contributed by atoms with E-state index in [9.17, 15) is 13.6 Å². The smallest absolute Gasteiger partial charge is 0.358 e. The molecule has 0 amide bonds. The molecule has 0 fully saturated rings. The summed E-state index contributed by atoms with van der Waals surface area (Å²) >= 11 is 0. The van der Waals surface area contributed by atoms with E-state index < -0.39 is 17.6 Å². The minimum atomic E-state index is -1.30. The van der Waals surface area contributed by atoms with Gasteiger partial charge in [0.25, 0.3) is 0 Å². The molecule has 0 aliphatic rings. The van der Waals surface area contributed by atoms with Gasteiger partial charge in [-0.3, -0.25) is 0 Å². The van der Waals surface area contributed by atoms with Crippen LogP contribution in [0.2, 0.25) is 0 Å². The summed E-state index contributed by atoms with van der Waals surface area (Å²) < 4.78 is 30.7. The first kappa shape index (κ1) is 10.3. The van der Waals surface area contributed by atoms with E-state index in [-0.39, 0.29) is 17.0 Å². The molecule has 0 saturated carbocycles. The number of hydrogen-bond donors (Lipinski definition) is 1. The first-order chi connectivity index (χ1) is 7.58. The summed E-state index contributed by atoms with van der Waals surface area (Å²) in [7, 11) is 0. The van der Waals surface area contributed by atoms with Crippen molar-refractivity contribution in [1.82, 2.24) is 5.16 Å². The fourth-order valence-corrected chi connectivity index (χ4v) is 1.19. The first-order valence-corrected chi connectivity index (χ1v) is 4.23. The van der Waals surface area contributed by atoms with E-state index in [0.29, 0.717) is 0 Å². The molecule has 0 radical (unpaired) electrons. The highest BCUT2D eigenvalue weighted by Crippen LogP contribution is 2.24. The van der Waals surface area contributed by atoms with Crippen LogP contribution in [0.25, 0.3) is 11.3 Å². The maximum absolute atomic E-state index is 13.3. The zero-order chi connectivity index (χ0) is 11.7. The average molecular weight is 225 g/mol. The highest BCUT2D eigenvalue weighted by Gasteiger charge is 2.15. The summed E-state index contributed by atoms with van der Waals surface area (Å²) in [4.78, 5) is 10.5. The topological polar surface area (TPSA) is 63.3 Å². The molecule has 0 aliphatic heterocycles. The average Bonchev–Trinajstić information content (AvgIpc) is 2.70. The molecule has 82 valence electrons. The zero-order valence-corrected chi connectivity index (χ0v) is 7.78. The van der Waals surface area contributed by atoms with Gasteiger partial charge in [-0.05, 0) is 18.2 Å². The lowest BCUT2D eigenvalue weighted by atomic mass is 10.1. The van der Waals surface area contributed by atoms with Gasteiger partial charge in [-0.25, -0.2) is 13.6 Å². The Morgan fingerprint density at radius 2 is 2.06 bits per heavy atom. The van der Waals surface area contributed by atoms with Crippen LogP contribution in [0.4, 0.5) is 8.78 Å². The number of carboxylic acid groups (broad SMARTS) is 1. The van der Waals surface area contributed by atoms with Crippen LogP contribution in [0.15, 0.2) is 28.8 Å². The second kappa shape index (κ2) is 3.73. The van der Waals surface area contributed by atoms with Crippen molar-refractivity contribution in [1.29, 1.82) is 0 Å². The number of carbonyl (C=O) groups is 1. The molecule has 1 N–H and O–H groups in total. The number of hydrogen-bond acceptors (Lipinski definition) is 3. The molecular formula is C10H5F2NO3. The van der Waals surface area contributed by atoms with Gasteiger partial charge in [0.15, 0.2) is 11.5 Å². The molecule has 0 spiro atoms. The molecule has 4 nitrogen and oxygen atoms in total. The van der Waals surface area contributed by atoms with Crippen molar-refractivity contribution in [3.63, 3.8) is 0 Å². The van der Waals surface area contributed by atoms with Crippen LogP contribution in [-0.2, 0) is 0 Å². The largest absolute Gasteiger partial charge is 0.476 e. The minimum absolute atomic E-state index is 0.130. The van der Waals surface area contributed by atoms with Crippen LogP contribution in [-0.4, -0.2) is 16.2 Å². The number of rotatable bonds is 2. The Balaban J connectivity index is 2.50. The minimum Gasteiger partial charge on any atom is -0.476 e. The lowest BCUT2D eigenvalue weighted by molar-refractivity contribution is 0.0686. The molecule has 2 rings (SSSR count). The van der Waals surface area contributed by atoms with E-state index >= 15 is 0 Å². The molecule has 2 aromatic rings. The Kier molecular flexibility index (Phi) is 2.40. The Bertz CT molecular complexity index is 551. The summed E-state index contributed by atoms with van der Waals surface area (Å²) in [6.07, 6.45) is 0. The van der Waals surface area contributed by atoms with Gasteiger partial charge >= 0.3 is 5.97 Å². The monoisotopic (exact) mass is 225 g/mol. The highest BCUT2D eigenvalue weighted by molar-refractivity contribution is 5.86. The third-order valence-electron chi connectivity index (χ3n) is 1.92. The molecule has 0 atom stereocenters. The van der Waals surface area contributed by atoms with Crippen LogP contribution in [0, 0.1) is 11.6 Å². The van der Waals surface area contributed by atoms with Gasteiger partial charge in [-0.2, -0.15) is 0 Å². The molecule has 1 heterocycles. The fourth-order valence-electron chi connectivity index (χ4n) is 1.19. The first-order valence-electron chi connectivity index (χ1n) is 4.23. The van der Waals surface area contributed by atoms with Gasteiger partial charge in [-0.15, -0.1) is 0 Å². The second-order valence-electron chi connectivity index (χ2n) is 3.01. The third kappa shape index (κ3) is 1.77. The van der Waals surface area contributed by atoms with Gasteiger partial charge in [0, 0.05) is 6.07 Å². The molecule has 0 unspecified atom stereocenters. The van der Waals surface area contributed by atoms with Crippen LogP contribution in [0.3, 0.4) is 0 Å².